The highest BCUT2D eigenvalue weighted by atomic mass is 35.5. The maximum atomic E-state index is 12.8. The Morgan fingerprint density at radius 2 is 2.00 bits per heavy atom. The monoisotopic (exact) mass is 388 g/mol. The second-order valence-corrected chi connectivity index (χ2v) is 8.40. The van der Waals surface area contributed by atoms with Crippen molar-refractivity contribution in [3.8, 4) is 0 Å². The van der Waals surface area contributed by atoms with Crippen molar-refractivity contribution in [1.82, 2.24) is 9.21 Å². The molecular formula is C16H21ClN2O5S. The van der Waals surface area contributed by atoms with Gasteiger partial charge in [-0.25, -0.2) is 8.42 Å². The molecule has 138 valence electrons. The fourth-order valence-corrected chi connectivity index (χ4v) is 4.67. The molecule has 0 spiro atoms. The van der Waals surface area contributed by atoms with Gasteiger partial charge in [-0.3, -0.25) is 4.79 Å². The lowest BCUT2D eigenvalue weighted by Gasteiger charge is -2.26. The molecule has 1 unspecified atom stereocenters. The minimum Gasteiger partial charge on any atom is -0.380 e. The summed E-state index contributed by atoms with van der Waals surface area (Å²) in [6.45, 7) is 2.38. The number of likely N-dealkylation sites (tertiary alicyclic amines) is 1. The topological polar surface area (TPSA) is 76.2 Å². The highest BCUT2D eigenvalue weighted by molar-refractivity contribution is 7.89. The number of morpholine rings is 1. The smallest absolute Gasteiger partial charge is 0.255 e. The molecule has 1 aromatic rings. The Morgan fingerprint density at radius 1 is 1.28 bits per heavy atom. The van der Waals surface area contributed by atoms with Crippen molar-refractivity contribution in [1.29, 1.82) is 0 Å². The summed E-state index contributed by atoms with van der Waals surface area (Å²) in [6.07, 6.45) is 0.758. The fraction of sp³-hybridized carbons (Fsp3) is 0.562. The summed E-state index contributed by atoms with van der Waals surface area (Å²) < 4.78 is 37.4. The van der Waals surface area contributed by atoms with E-state index in [1.807, 2.05) is 0 Å². The van der Waals surface area contributed by atoms with Crippen LogP contribution in [0, 0.1) is 0 Å². The predicted octanol–water partition coefficient (Wildman–Crippen LogP) is 1.22. The number of ether oxygens (including phenoxy) is 2. The third-order valence-electron chi connectivity index (χ3n) is 4.54. The van der Waals surface area contributed by atoms with Crippen molar-refractivity contribution in [2.45, 2.75) is 17.4 Å². The van der Waals surface area contributed by atoms with Gasteiger partial charge in [0.1, 0.15) is 0 Å². The number of hydrogen-bond donors (Lipinski definition) is 0. The van der Waals surface area contributed by atoms with Gasteiger partial charge in [0.05, 0.1) is 34.8 Å². The number of halogens is 1. The maximum absolute atomic E-state index is 12.8. The predicted molar refractivity (Wildman–Crippen MR) is 92.3 cm³/mol. The van der Waals surface area contributed by atoms with Gasteiger partial charge < -0.3 is 14.4 Å². The molecule has 0 N–H and O–H groups in total. The lowest BCUT2D eigenvalue weighted by molar-refractivity contribution is 0.0722. The quantitative estimate of drug-likeness (QED) is 0.775. The average Bonchev–Trinajstić information content (AvgIpc) is 3.11. The van der Waals surface area contributed by atoms with E-state index in [0.29, 0.717) is 39.4 Å². The Labute approximate surface area is 152 Å². The minimum absolute atomic E-state index is 0.00277. The summed E-state index contributed by atoms with van der Waals surface area (Å²) in [6, 6.07) is 4.27. The number of benzene rings is 1. The van der Waals surface area contributed by atoms with Gasteiger partial charge in [-0.1, -0.05) is 11.6 Å². The normalized spacial score (nSPS) is 22.3. The van der Waals surface area contributed by atoms with Gasteiger partial charge in [0, 0.05) is 33.3 Å². The average molecular weight is 389 g/mol. The first-order valence-corrected chi connectivity index (χ1v) is 9.95. The van der Waals surface area contributed by atoms with Gasteiger partial charge in [-0.05, 0) is 24.6 Å². The molecule has 1 amide bonds. The van der Waals surface area contributed by atoms with Crippen LogP contribution in [0.3, 0.4) is 0 Å². The summed E-state index contributed by atoms with van der Waals surface area (Å²) in [4.78, 5) is 14.5. The fourth-order valence-electron chi connectivity index (χ4n) is 3.04. The van der Waals surface area contributed by atoms with Gasteiger partial charge in [-0.2, -0.15) is 4.31 Å². The highest BCUT2D eigenvalue weighted by Crippen LogP contribution is 2.26. The van der Waals surface area contributed by atoms with E-state index in [1.54, 1.807) is 12.0 Å². The third kappa shape index (κ3) is 3.83. The Balaban J connectivity index is 1.86. The van der Waals surface area contributed by atoms with E-state index in [-0.39, 0.29) is 27.5 Å². The first-order valence-electron chi connectivity index (χ1n) is 8.13. The molecule has 0 aliphatic carbocycles. The number of carbonyl (C=O) groups excluding carboxylic acids is 1. The van der Waals surface area contributed by atoms with E-state index in [0.717, 1.165) is 6.42 Å². The largest absolute Gasteiger partial charge is 0.380 e. The molecular weight excluding hydrogens is 368 g/mol. The molecule has 7 nitrogen and oxygen atoms in total. The molecule has 0 bridgehead atoms. The van der Waals surface area contributed by atoms with Crippen LogP contribution >= 0.6 is 11.6 Å². The highest BCUT2D eigenvalue weighted by Gasteiger charge is 2.31. The van der Waals surface area contributed by atoms with Gasteiger partial charge in [0.25, 0.3) is 5.91 Å². The minimum atomic E-state index is -3.67. The number of amides is 1. The lowest BCUT2D eigenvalue weighted by Crippen LogP contribution is -2.40. The molecule has 2 fully saturated rings. The number of nitrogens with zero attached hydrogens (tertiary/aromatic N) is 2. The van der Waals surface area contributed by atoms with Crippen LogP contribution in [-0.2, 0) is 19.5 Å². The molecule has 2 aliphatic rings. The van der Waals surface area contributed by atoms with Crippen LogP contribution in [0.25, 0.3) is 0 Å². The molecule has 0 saturated carbocycles. The summed E-state index contributed by atoms with van der Waals surface area (Å²) in [7, 11) is -2.06. The number of rotatable bonds is 4. The number of sulfonamides is 1. The van der Waals surface area contributed by atoms with Crippen molar-refractivity contribution in [2.24, 2.45) is 0 Å². The van der Waals surface area contributed by atoms with Crippen molar-refractivity contribution in [3.63, 3.8) is 0 Å². The molecule has 3 rings (SSSR count). The Hall–Kier alpha value is -1.19. The summed E-state index contributed by atoms with van der Waals surface area (Å²) in [5, 5.41) is 0.242. The third-order valence-corrected chi connectivity index (χ3v) is 6.77. The van der Waals surface area contributed by atoms with Crippen molar-refractivity contribution < 1.29 is 22.7 Å². The van der Waals surface area contributed by atoms with E-state index in [9.17, 15) is 13.2 Å². The maximum Gasteiger partial charge on any atom is 0.255 e. The first kappa shape index (κ1) is 18.6. The molecule has 1 aromatic carbocycles. The van der Waals surface area contributed by atoms with E-state index < -0.39 is 10.0 Å². The van der Waals surface area contributed by atoms with Crippen LogP contribution in [0.4, 0.5) is 0 Å². The van der Waals surface area contributed by atoms with E-state index in [1.165, 1.54) is 22.5 Å². The van der Waals surface area contributed by atoms with E-state index in [2.05, 4.69) is 0 Å². The lowest BCUT2D eigenvalue weighted by atomic mass is 10.2. The molecule has 2 heterocycles. The second-order valence-electron chi connectivity index (χ2n) is 6.06. The van der Waals surface area contributed by atoms with Crippen LogP contribution in [0.2, 0.25) is 5.02 Å². The Morgan fingerprint density at radius 3 is 2.64 bits per heavy atom. The Kier molecular flexibility index (Phi) is 5.65. The molecule has 25 heavy (non-hydrogen) atoms. The molecule has 1 atom stereocenters. The summed E-state index contributed by atoms with van der Waals surface area (Å²) in [5.74, 6) is -0.274. The van der Waals surface area contributed by atoms with Gasteiger partial charge in [0.15, 0.2) is 0 Å². The standard InChI is InChI=1S/C16H21ClN2O5S/c1-23-12-4-5-18(11-12)16(20)14-10-13(2-3-15(14)17)25(21,22)19-6-8-24-9-7-19/h2-3,10,12H,4-9,11H2,1H3. The summed E-state index contributed by atoms with van der Waals surface area (Å²) >= 11 is 6.17. The van der Waals surface area contributed by atoms with Crippen LogP contribution in [0.5, 0.6) is 0 Å². The number of hydrogen-bond acceptors (Lipinski definition) is 5. The number of carbonyl (C=O) groups is 1. The molecule has 2 saturated heterocycles. The van der Waals surface area contributed by atoms with Crippen LogP contribution in [0.15, 0.2) is 23.1 Å². The summed E-state index contributed by atoms with van der Waals surface area (Å²) in [5.41, 5.74) is 0.202. The van der Waals surface area contributed by atoms with Crippen molar-refractivity contribution in [3.05, 3.63) is 28.8 Å². The van der Waals surface area contributed by atoms with E-state index in [4.69, 9.17) is 21.1 Å². The van der Waals surface area contributed by atoms with Crippen LogP contribution in [0.1, 0.15) is 16.8 Å². The molecule has 0 radical (unpaired) electrons. The van der Waals surface area contributed by atoms with Crippen LogP contribution < -0.4 is 0 Å². The Bertz CT molecular complexity index is 749. The van der Waals surface area contributed by atoms with Gasteiger partial charge in [0.2, 0.25) is 10.0 Å². The zero-order valence-corrected chi connectivity index (χ0v) is 15.6. The first-order chi connectivity index (χ1) is 11.9. The second kappa shape index (κ2) is 7.59. The molecule has 0 aromatic heterocycles. The van der Waals surface area contributed by atoms with Gasteiger partial charge >= 0.3 is 0 Å². The zero-order valence-electron chi connectivity index (χ0n) is 14.0. The van der Waals surface area contributed by atoms with Crippen molar-refractivity contribution in [2.75, 3.05) is 46.5 Å². The van der Waals surface area contributed by atoms with E-state index >= 15 is 0 Å². The molecule has 2 aliphatic heterocycles. The number of methoxy groups -OCH3 is 1. The SMILES string of the molecule is COC1CCN(C(=O)c2cc(S(=O)(=O)N3CCOCC3)ccc2Cl)C1. The van der Waals surface area contributed by atoms with Crippen LogP contribution in [-0.4, -0.2) is 76.1 Å². The zero-order chi connectivity index (χ0) is 18.0. The van der Waals surface area contributed by atoms with Crippen molar-refractivity contribution >= 4 is 27.5 Å². The van der Waals surface area contributed by atoms with Gasteiger partial charge in [-0.15, -0.1) is 0 Å². The molecule has 9 heteroatoms.